The van der Waals surface area contributed by atoms with Gasteiger partial charge in [-0.05, 0) is 61.1 Å². The fraction of sp³-hybridized carbons (Fsp3) is 0.100. The zero-order valence-electron chi connectivity index (χ0n) is 14.1. The van der Waals surface area contributed by atoms with Crippen LogP contribution in [0.15, 0.2) is 82.8 Å². The van der Waals surface area contributed by atoms with Gasteiger partial charge in [0.05, 0.1) is 17.9 Å². The van der Waals surface area contributed by atoms with Crippen LogP contribution in [0.5, 0.6) is 0 Å². The second-order valence-electron chi connectivity index (χ2n) is 5.67. The molecule has 3 rings (SSSR count). The van der Waals surface area contributed by atoms with Crippen molar-refractivity contribution in [2.75, 3.05) is 5.32 Å². The Morgan fingerprint density at radius 1 is 1.04 bits per heavy atom. The number of nitrogens with zero attached hydrogens (tertiary/aromatic N) is 1. The van der Waals surface area contributed by atoms with Gasteiger partial charge < -0.3 is 10.6 Å². The molecule has 2 aromatic carbocycles. The molecule has 0 saturated heterocycles. The molecule has 3 aromatic rings. The van der Waals surface area contributed by atoms with Gasteiger partial charge in [0.1, 0.15) is 5.03 Å². The van der Waals surface area contributed by atoms with Gasteiger partial charge in [-0.3, -0.25) is 0 Å². The minimum atomic E-state index is 0.129. The first-order valence-electron chi connectivity index (χ1n) is 8.12. The Balaban J connectivity index is 1.55. The Labute approximate surface area is 168 Å². The van der Waals surface area contributed by atoms with Crippen molar-refractivity contribution in [2.45, 2.75) is 22.9 Å². The average Bonchev–Trinajstić information content (AvgIpc) is 2.66. The van der Waals surface area contributed by atoms with E-state index in [-0.39, 0.29) is 6.04 Å². The molecule has 26 heavy (non-hydrogen) atoms. The van der Waals surface area contributed by atoms with Crippen molar-refractivity contribution in [3.05, 3.63) is 83.5 Å². The SMILES string of the molecule is C[C@@H](NC(=S)Nc1ccc(Sc2ccc(Cl)cc2)nc1)c1ccccc1. The predicted octanol–water partition coefficient (Wildman–Crippen LogP) is 5.93. The quantitative estimate of drug-likeness (QED) is 0.519. The Kier molecular flexibility index (Phi) is 6.50. The maximum Gasteiger partial charge on any atom is 0.171 e. The molecule has 0 fully saturated rings. The second-order valence-corrected chi connectivity index (χ2v) is 7.61. The fourth-order valence-electron chi connectivity index (χ4n) is 2.33. The highest BCUT2D eigenvalue weighted by Crippen LogP contribution is 2.27. The summed E-state index contributed by atoms with van der Waals surface area (Å²) in [5, 5.41) is 8.66. The van der Waals surface area contributed by atoms with Crippen LogP contribution in [0.1, 0.15) is 18.5 Å². The fourth-order valence-corrected chi connectivity index (χ4v) is 3.50. The molecule has 0 spiro atoms. The Hall–Kier alpha value is -2.08. The predicted molar refractivity (Wildman–Crippen MR) is 114 cm³/mol. The minimum Gasteiger partial charge on any atom is -0.356 e. The highest BCUT2D eigenvalue weighted by atomic mass is 35.5. The highest BCUT2D eigenvalue weighted by Gasteiger charge is 2.07. The van der Waals surface area contributed by atoms with Crippen molar-refractivity contribution < 1.29 is 0 Å². The van der Waals surface area contributed by atoms with Gasteiger partial charge >= 0.3 is 0 Å². The van der Waals surface area contributed by atoms with E-state index in [0.29, 0.717) is 5.11 Å². The van der Waals surface area contributed by atoms with Crippen LogP contribution < -0.4 is 10.6 Å². The van der Waals surface area contributed by atoms with Gasteiger partial charge in [0, 0.05) is 9.92 Å². The first-order valence-corrected chi connectivity index (χ1v) is 9.72. The largest absolute Gasteiger partial charge is 0.356 e. The molecule has 0 amide bonds. The van der Waals surface area contributed by atoms with Gasteiger partial charge in [-0.1, -0.05) is 53.7 Å². The summed E-state index contributed by atoms with van der Waals surface area (Å²) in [6, 6.07) is 21.9. The highest BCUT2D eigenvalue weighted by molar-refractivity contribution is 7.99. The van der Waals surface area contributed by atoms with Crippen LogP contribution in [0.4, 0.5) is 5.69 Å². The molecule has 2 N–H and O–H groups in total. The molecule has 0 bridgehead atoms. The first-order chi connectivity index (χ1) is 12.6. The average molecular weight is 400 g/mol. The zero-order chi connectivity index (χ0) is 18.4. The molecule has 132 valence electrons. The molecule has 6 heteroatoms. The number of pyridine rings is 1. The first kappa shape index (κ1) is 18.7. The molecule has 1 atom stereocenters. The normalized spacial score (nSPS) is 11.6. The number of nitrogens with one attached hydrogen (secondary N) is 2. The molecule has 0 saturated carbocycles. The van der Waals surface area contributed by atoms with Crippen LogP contribution in [0, 0.1) is 0 Å². The number of aromatic nitrogens is 1. The summed E-state index contributed by atoms with van der Waals surface area (Å²) in [5.41, 5.74) is 2.03. The van der Waals surface area contributed by atoms with Crippen LogP contribution in [-0.2, 0) is 0 Å². The lowest BCUT2D eigenvalue weighted by molar-refractivity contribution is 0.722. The molecule has 1 heterocycles. The summed E-state index contributed by atoms with van der Waals surface area (Å²) < 4.78 is 0. The minimum absolute atomic E-state index is 0.129. The molecule has 3 nitrogen and oxygen atoms in total. The van der Waals surface area contributed by atoms with Crippen LogP contribution in [0.25, 0.3) is 0 Å². The lowest BCUT2D eigenvalue weighted by Crippen LogP contribution is -2.30. The van der Waals surface area contributed by atoms with E-state index in [1.807, 2.05) is 54.6 Å². The van der Waals surface area contributed by atoms with E-state index >= 15 is 0 Å². The number of thiocarbonyl (C=S) groups is 1. The van der Waals surface area contributed by atoms with E-state index in [9.17, 15) is 0 Å². The van der Waals surface area contributed by atoms with Crippen LogP contribution in [-0.4, -0.2) is 10.1 Å². The van der Waals surface area contributed by atoms with Crippen molar-refractivity contribution in [3.8, 4) is 0 Å². The van der Waals surface area contributed by atoms with Crippen molar-refractivity contribution in [1.29, 1.82) is 0 Å². The molecule has 0 unspecified atom stereocenters. The summed E-state index contributed by atoms with van der Waals surface area (Å²) >= 11 is 12.9. The summed E-state index contributed by atoms with van der Waals surface area (Å²) in [4.78, 5) is 5.56. The van der Waals surface area contributed by atoms with Crippen LogP contribution in [0.3, 0.4) is 0 Å². The van der Waals surface area contributed by atoms with Crippen LogP contribution >= 0.6 is 35.6 Å². The van der Waals surface area contributed by atoms with Gasteiger partial charge in [-0.2, -0.15) is 0 Å². The van der Waals surface area contributed by atoms with E-state index < -0.39 is 0 Å². The molecule has 0 aliphatic rings. The third-order valence-electron chi connectivity index (χ3n) is 3.68. The van der Waals surface area contributed by atoms with Gasteiger partial charge in [-0.25, -0.2) is 4.98 Å². The van der Waals surface area contributed by atoms with E-state index in [4.69, 9.17) is 23.8 Å². The van der Waals surface area contributed by atoms with Crippen molar-refractivity contribution >= 4 is 46.4 Å². The molecule has 0 radical (unpaired) electrons. The molecule has 0 aliphatic heterocycles. The Bertz CT molecular complexity index is 852. The van der Waals surface area contributed by atoms with E-state index in [1.165, 1.54) is 5.56 Å². The third-order valence-corrected chi connectivity index (χ3v) is 5.11. The monoisotopic (exact) mass is 399 g/mol. The van der Waals surface area contributed by atoms with E-state index in [2.05, 4.69) is 34.7 Å². The topological polar surface area (TPSA) is 37.0 Å². The molecule has 1 aromatic heterocycles. The van der Waals surface area contributed by atoms with Gasteiger partial charge in [0.25, 0.3) is 0 Å². The van der Waals surface area contributed by atoms with Gasteiger partial charge in [0.15, 0.2) is 5.11 Å². The number of anilines is 1. The summed E-state index contributed by atoms with van der Waals surface area (Å²) in [5.74, 6) is 0. The maximum atomic E-state index is 5.91. The summed E-state index contributed by atoms with van der Waals surface area (Å²) in [6.07, 6.45) is 1.78. The zero-order valence-corrected chi connectivity index (χ0v) is 16.5. The third kappa shape index (κ3) is 5.46. The second kappa shape index (κ2) is 9.03. The molecular formula is C20H18ClN3S2. The number of hydrogen-bond donors (Lipinski definition) is 2. The van der Waals surface area contributed by atoms with E-state index in [0.717, 1.165) is 20.6 Å². The number of hydrogen-bond acceptors (Lipinski definition) is 3. The van der Waals surface area contributed by atoms with Crippen LogP contribution in [0.2, 0.25) is 5.02 Å². The summed E-state index contributed by atoms with van der Waals surface area (Å²) in [6.45, 7) is 2.08. The number of benzene rings is 2. The van der Waals surface area contributed by atoms with Gasteiger partial charge in [-0.15, -0.1) is 0 Å². The Morgan fingerprint density at radius 3 is 2.42 bits per heavy atom. The lowest BCUT2D eigenvalue weighted by Gasteiger charge is -2.17. The van der Waals surface area contributed by atoms with E-state index in [1.54, 1.807) is 18.0 Å². The maximum absolute atomic E-state index is 5.91. The smallest absolute Gasteiger partial charge is 0.171 e. The summed E-state index contributed by atoms with van der Waals surface area (Å²) in [7, 11) is 0. The van der Waals surface area contributed by atoms with Gasteiger partial charge in [0.2, 0.25) is 0 Å². The van der Waals surface area contributed by atoms with Crippen molar-refractivity contribution in [3.63, 3.8) is 0 Å². The molecule has 0 aliphatic carbocycles. The van der Waals surface area contributed by atoms with Crippen molar-refractivity contribution in [1.82, 2.24) is 10.3 Å². The molecular weight excluding hydrogens is 382 g/mol. The number of halogens is 1. The number of rotatable bonds is 5. The Morgan fingerprint density at radius 2 is 1.77 bits per heavy atom. The van der Waals surface area contributed by atoms with Crippen molar-refractivity contribution in [2.24, 2.45) is 0 Å². The standard InChI is InChI=1S/C20H18ClN3S2/c1-14(15-5-3-2-4-6-15)23-20(25)24-17-9-12-19(22-13-17)26-18-10-7-16(21)8-11-18/h2-14H,1H3,(H2,23,24,25)/t14-/m1/s1. The lowest BCUT2D eigenvalue weighted by atomic mass is 10.1.